The molecule has 166 valence electrons. The lowest BCUT2D eigenvalue weighted by Crippen LogP contribution is -2.26. The molecule has 0 amide bonds. The Morgan fingerprint density at radius 1 is 0.562 bits per heavy atom. The first kappa shape index (κ1) is 22.6. The number of fused-ring (bicyclic) bond motifs is 2. The summed E-state index contributed by atoms with van der Waals surface area (Å²) in [5, 5.41) is 5.41. The van der Waals surface area contributed by atoms with Crippen LogP contribution in [0.25, 0.3) is 32.7 Å². The SMILES string of the molecule is CCCCN(CCCC)Cc1ccc2ccccc2c1-c1c(CC)ccc2ccccc12. The van der Waals surface area contributed by atoms with E-state index in [0.717, 1.165) is 13.0 Å². The topological polar surface area (TPSA) is 3.24 Å². The molecule has 0 aliphatic carbocycles. The minimum atomic E-state index is 1.02. The van der Waals surface area contributed by atoms with Gasteiger partial charge in [0, 0.05) is 6.54 Å². The molecular weight excluding hydrogens is 386 g/mol. The highest BCUT2D eigenvalue weighted by Crippen LogP contribution is 2.39. The average molecular weight is 424 g/mol. The lowest BCUT2D eigenvalue weighted by Gasteiger charge is -2.25. The molecule has 0 aliphatic heterocycles. The van der Waals surface area contributed by atoms with E-state index in [1.54, 1.807) is 0 Å². The Balaban J connectivity index is 1.93. The van der Waals surface area contributed by atoms with E-state index in [-0.39, 0.29) is 0 Å². The largest absolute Gasteiger partial charge is 0.299 e. The fraction of sp³-hybridized carbons (Fsp3) is 0.355. The highest BCUT2D eigenvalue weighted by molar-refractivity contribution is 6.07. The van der Waals surface area contributed by atoms with Gasteiger partial charge < -0.3 is 0 Å². The van der Waals surface area contributed by atoms with Crippen LogP contribution in [0.5, 0.6) is 0 Å². The Morgan fingerprint density at radius 3 is 1.59 bits per heavy atom. The summed E-state index contributed by atoms with van der Waals surface area (Å²) in [6.07, 6.45) is 6.06. The van der Waals surface area contributed by atoms with Crippen molar-refractivity contribution in [3.8, 4) is 11.1 Å². The highest BCUT2D eigenvalue weighted by Gasteiger charge is 2.18. The molecule has 1 nitrogen and oxygen atoms in total. The van der Waals surface area contributed by atoms with E-state index >= 15 is 0 Å². The minimum absolute atomic E-state index is 1.02. The molecule has 4 aromatic carbocycles. The van der Waals surface area contributed by atoms with Crippen LogP contribution in [-0.4, -0.2) is 18.0 Å². The van der Waals surface area contributed by atoms with Gasteiger partial charge in [-0.1, -0.05) is 106 Å². The highest BCUT2D eigenvalue weighted by atomic mass is 15.1. The van der Waals surface area contributed by atoms with E-state index in [0.29, 0.717) is 0 Å². The van der Waals surface area contributed by atoms with E-state index in [2.05, 4.69) is 98.5 Å². The molecule has 0 atom stereocenters. The van der Waals surface area contributed by atoms with Crippen LogP contribution in [0.15, 0.2) is 72.8 Å². The van der Waals surface area contributed by atoms with Gasteiger partial charge in [-0.25, -0.2) is 0 Å². The number of unbranched alkanes of at least 4 members (excludes halogenated alkanes) is 2. The molecule has 1 heteroatoms. The zero-order chi connectivity index (χ0) is 22.3. The average Bonchev–Trinajstić information content (AvgIpc) is 2.85. The lowest BCUT2D eigenvalue weighted by molar-refractivity contribution is 0.257. The molecule has 0 N–H and O–H groups in total. The zero-order valence-corrected chi connectivity index (χ0v) is 20.0. The minimum Gasteiger partial charge on any atom is -0.299 e. The van der Waals surface area contributed by atoms with E-state index in [9.17, 15) is 0 Å². The molecule has 0 fully saturated rings. The van der Waals surface area contributed by atoms with Crippen LogP contribution in [0, 0.1) is 0 Å². The summed E-state index contributed by atoms with van der Waals surface area (Å²) in [5.41, 5.74) is 5.77. The third-order valence-electron chi connectivity index (χ3n) is 6.71. The number of hydrogen-bond donors (Lipinski definition) is 0. The Labute approximate surface area is 194 Å². The molecule has 32 heavy (non-hydrogen) atoms. The summed E-state index contributed by atoms with van der Waals surface area (Å²) >= 11 is 0. The third kappa shape index (κ3) is 4.74. The molecule has 0 spiro atoms. The van der Waals surface area contributed by atoms with Crippen LogP contribution in [-0.2, 0) is 13.0 Å². The van der Waals surface area contributed by atoms with Gasteiger partial charge in [0.2, 0.25) is 0 Å². The van der Waals surface area contributed by atoms with E-state index in [1.165, 1.54) is 82.6 Å². The number of nitrogens with zero attached hydrogens (tertiary/aromatic N) is 1. The summed E-state index contributed by atoms with van der Waals surface area (Å²) in [5.74, 6) is 0. The van der Waals surface area contributed by atoms with Crippen molar-refractivity contribution in [1.29, 1.82) is 0 Å². The maximum atomic E-state index is 2.68. The van der Waals surface area contributed by atoms with Gasteiger partial charge in [0.1, 0.15) is 0 Å². The van der Waals surface area contributed by atoms with Gasteiger partial charge in [-0.3, -0.25) is 4.90 Å². The van der Waals surface area contributed by atoms with Crippen LogP contribution >= 0.6 is 0 Å². The summed E-state index contributed by atoms with van der Waals surface area (Å²) in [6, 6.07) is 27.2. The first-order valence-corrected chi connectivity index (χ1v) is 12.5. The molecule has 0 saturated carbocycles. The van der Waals surface area contributed by atoms with Crippen molar-refractivity contribution in [3.05, 3.63) is 83.9 Å². The maximum Gasteiger partial charge on any atom is 0.0240 e. The van der Waals surface area contributed by atoms with Crippen LogP contribution in [0.3, 0.4) is 0 Å². The normalized spacial score (nSPS) is 11.6. The van der Waals surface area contributed by atoms with Crippen LogP contribution in [0.2, 0.25) is 0 Å². The van der Waals surface area contributed by atoms with Gasteiger partial charge in [0.25, 0.3) is 0 Å². The second-order valence-electron chi connectivity index (χ2n) is 8.98. The maximum absolute atomic E-state index is 2.68. The fourth-order valence-electron chi connectivity index (χ4n) is 4.92. The van der Waals surface area contributed by atoms with Crippen LogP contribution < -0.4 is 0 Å². The van der Waals surface area contributed by atoms with Crippen LogP contribution in [0.4, 0.5) is 0 Å². The summed E-state index contributed by atoms with van der Waals surface area (Å²) in [4.78, 5) is 2.68. The Bertz CT molecular complexity index is 1170. The molecule has 0 bridgehead atoms. The second kappa shape index (κ2) is 10.8. The van der Waals surface area contributed by atoms with Gasteiger partial charge >= 0.3 is 0 Å². The molecule has 4 rings (SSSR count). The first-order valence-electron chi connectivity index (χ1n) is 12.5. The predicted octanol–water partition coefficient (Wildman–Crippen LogP) is 8.62. The predicted molar refractivity (Wildman–Crippen MR) is 141 cm³/mol. The molecule has 0 aromatic heterocycles. The summed E-state index contributed by atoms with van der Waals surface area (Å²) in [6.45, 7) is 10.3. The van der Waals surface area contributed by atoms with Crippen LogP contribution in [0.1, 0.15) is 57.6 Å². The summed E-state index contributed by atoms with van der Waals surface area (Å²) in [7, 11) is 0. The smallest absolute Gasteiger partial charge is 0.0240 e. The van der Waals surface area contributed by atoms with Crippen molar-refractivity contribution >= 4 is 21.5 Å². The summed E-state index contributed by atoms with van der Waals surface area (Å²) < 4.78 is 0. The zero-order valence-electron chi connectivity index (χ0n) is 20.0. The van der Waals surface area contributed by atoms with Crippen molar-refractivity contribution in [2.75, 3.05) is 13.1 Å². The molecule has 0 saturated heterocycles. The number of benzene rings is 4. The van der Waals surface area contributed by atoms with Gasteiger partial charge in [-0.15, -0.1) is 0 Å². The second-order valence-corrected chi connectivity index (χ2v) is 8.98. The number of rotatable bonds is 10. The van der Waals surface area contributed by atoms with Crippen molar-refractivity contribution in [1.82, 2.24) is 4.90 Å². The van der Waals surface area contributed by atoms with E-state index in [1.807, 2.05) is 0 Å². The molecular formula is C31H37N. The van der Waals surface area contributed by atoms with Gasteiger partial charge in [-0.05, 0) is 76.2 Å². The molecule has 0 heterocycles. The van der Waals surface area contributed by atoms with E-state index < -0.39 is 0 Å². The van der Waals surface area contributed by atoms with Gasteiger partial charge in [0.15, 0.2) is 0 Å². The van der Waals surface area contributed by atoms with Crippen molar-refractivity contribution < 1.29 is 0 Å². The molecule has 4 aromatic rings. The molecule has 0 aliphatic rings. The molecule has 0 unspecified atom stereocenters. The lowest BCUT2D eigenvalue weighted by atomic mass is 9.86. The first-order chi connectivity index (χ1) is 15.8. The standard InChI is InChI=1S/C31H37N/c1-4-7-21-32(22-8-5-2)23-27-20-19-26-14-10-12-16-29(26)31(27)30-24(6-3)17-18-25-13-9-11-15-28(25)30/h9-20H,4-8,21-23H2,1-3H3. The van der Waals surface area contributed by atoms with Crippen molar-refractivity contribution in [3.63, 3.8) is 0 Å². The monoisotopic (exact) mass is 423 g/mol. The number of aryl methyl sites for hydroxylation is 1. The Hall–Kier alpha value is -2.64. The van der Waals surface area contributed by atoms with Crippen molar-refractivity contribution in [2.24, 2.45) is 0 Å². The third-order valence-corrected chi connectivity index (χ3v) is 6.71. The van der Waals surface area contributed by atoms with E-state index in [4.69, 9.17) is 0 Å². The van der Waals surface area contributed by atoms with Gasteiger partial charge in [-0.2, -0.15) is 0 Å². The Kier molecular flexibility index (Phi) is 7.60. The Morgan fingerprint density at radius 2 is 1.06 bits per heavy atom. The van der Waals surface area contributed by atoms with Gasteiger partial charge in [0.05, 0.1) is 0 Å². The molecule has 0 radical (unpaired) electrons. The fourth-order valence-corrected chi connectivity index (χ4v) is 4.92. The number of hydrogen-bond acceptors (Lipinski definition) is 1. The quantitative estimate of drug-likeness (QED) is 0.247. The van der Waals surface area contributed by atoms with Crippen molar-refractivity contribution in [2.45, 2.75) is 59.4 Å².